The number of rotatable bonds is 5. The van der Waals surface area contributed by atoms with Gasteiger partial charge in [-0.15, -0.1) is 0 Å². The van der Waals surface area contributed by atoms with Crippen LogP contribution in [-0.4, -0.2) is 12.5 Å². The molecule has 2 unspecified atom stereocenters. The lowest BCUT2D eigenvalue weighted by atomic mass is 10.0. The molecule has 0 aromatic heterocycles. The number of hydrogen-bond acceptors (Lipinski definition) is 2. The van der Waals surface area contributed by atoms with E-state index in [0.717, 1.165) is 44.1 Å². The molecular weight excluding hydrogens is 188 g/mol. The molecule has 3 nitrogen and oxygen atoms in total. The molecule has 15 heavy (non-hydrogen) atoms. The molecule has 2 aliphatic carbocycles. The van der Waals surface area contributed by atoms with Crippen molar-refractivity contribution in [3.05, 3.63) is 0 Å². The first-order valence-corrected chi connectivity index (χ1v) is 5.96. The monoisotopic (exact) mass is 206 g/mol. The maximum absolute atomic E-state index is 11.7. The average molecular weight is 206 g/mol. The average Bonchev–Trinajstić information content (AvgIpc) is 2.85. The third-order valence-electron chi connectivity index (χ3n) is 3.63. The molecule has 82 valence electrons. The number of nitriles is 1. The van der Waals surface area contributed by atoms with Gasteiger partial charge in [0, 0.05) is 18.9 Å². The van der Waals surface area contributed by atoms with Gasteiger partial charge in [0.2, 0.25) is 5.91 Å². The topological polar surface area (TPSA) is 52.9 Å². The summed E-state index contributed by atoms with van der Waals surface area (Å²) in [5.74, 6) is 2.29. The Labute approximate surface area is 90.8 Å². The second kappa shape index (κ2) is 4.65. The van der Waals surface area contributed by atoms with Crippen LogP contribution < -0.4 is 5.32 Å². The molecule has 0 radical (unpaired) electrons. The smallest absolute Gasteiger partial charge is 0.223 e. The SMILES string of the molecule is N#CCCCCNC(=O)C1CC2CC2C1. The van der Waals surface area contributed by atoms with E-state index in [2.05, 4.69) is 11.4 Å². The van der Waals surface area contributed by atoms with Crippen LogP contribution in [0.3, 0.4) is 0 Å². The van der Waals surface area contributed by atoms with Crippen LogP contribution in [0.2, 0.25) is 0 Å². The van der Waals surface area contributed by atoms with Crippen molar-refractivity contribution in [3.63, 3.8) is 0 Å². The Morgan fingerprint density at radius 3 is 2.67 bits per heavy atom. The summed E-state index contributed by atoms with van der Waals surface area (Å²) in [6.45, 7) is 0.742. The highest BCUT2D eigenvalue weighted by Gasteiger charge is 2.47. The number of unbranched alkanes of at least 4 members (excludes halogenated alkanes) is 2. The molecule has 0 bridgehead atoms. The zero-order chi connectivity index (χ0) is 10.7. The number of hydrogen-bond donors (Lipinski definition) is 1. The van der Waals surface area contributed by atoms with Crippen LogP contribution in [0.25, 0.3) is 0 Å². The molecule has 2 fully saturated rings. The minimum absolute atomic E-state index is 0.249. The molecule has 0 aromatic carbocycles. The van der Waals surface area contributed by atoms with E-state index in [1.165, 1.54) is 6.42 Å². The van der Waals surface area contributed by atoms with Crippen molar-refractivity contribution in [2.75, 3.05) is 6.54 Å². The van der Waals surface area contributed by atoms with Gasteiger partial charge in [0.15, 0.2) is 0 Å². The largest absolute Gasteiger partial charge is 0.356 e. The maximum atomic E-state index is 11.7. The fourth-order valence-electron chi connectivity index (χ4n) is 2.61. The number of amides is 1. The van der Waals surface area contributed by atoms with Crippen LogP contribution in [0.1, 0.15) is 38.5 Å². The predicted molar refractivity (Wildman–Crippen MR) is 56.8 cm³/mol. The molecule has 0 aromatic rings. The van der Waals surface area contributed by atoms with Crippen molar-refractivity contribution in [1.29, 1.82) is 5.26 Å². The lowest BCUT2D eigenvalue weighted by Crippen LogP contribution is -2.30. The Balaban J connectivity index is 1.55. The number of carbonyl (C=O) groups excluding carboxylic acids is 1. The number of nitrogens with one attached hydrogen (secondary N) is 1. The van der Waals surface area contributed by atoms with Gasteiger partial charge in [0.1, 0.15) is 0 Å². The normalized spacial score (nSPS) is 31.8. The van der Waals surface area contributed by atoms with Crippen LogP contribution in [0.5, 0.6) is 0 Å². The standard InChI is InChI=1S/C12H18N2O/c13-4-2-1-3-5-14-12(15)11-7-9-6-10(9)8-11/h9-11H,1-3,5-8H2,(H,14,15). The lowest BCUT2D eigenvalue weighted by Gasteiger charge is -2.11. The summed E-state index contributed by atoms with van der Waals surface area (Å²) in [6, 6.07) is 2.11. The van der Waals surface area contributed by atoms with E-state index in [9.17, 15) is 4.79 Å². The van der Waals surface area contributed by atoms with Crippen molar-refractivity contribution in [2.45, 2.75) is 38.5 Å². The minimum atomic E-state index is 0.249. The molecule has 1 N–H and O–H groups in total. The van der Waals surface area contributed by atoms with Gasteiger partial charge in [-0.2, -0.15) is 5.26 Å². The van der Waals surface area contributed by atoms with E-state index in [1.54, 1.807) is 0 Å². The van der Waals surface area contributed by atoms with E-state index >= 15 is 0 Å². The lowest BCUT2D eigenvalue weighted by molar-refractivity contribution is -0.125. The fraction of sp³-hybridized carbons (Fsp3) is 0.833. The first kappa shape index (κ1) is 10.5. The Kier molecular flexibility index (Phi) is 3.25. The molecule has 2 rings (SSSR count). The molecular formula is C12H18N2O. The van der Waals surface area contributed by atoms with Gasteiger partial charge in [-0.3, -0.25) is 4.79 Å². The van der Waals surface area contributed by atoms with Gasteiger partial charge < -0.3 is 5.32 Å². The quantitative estimate of drug-likeness (QED) is 0.698. The minimum Gasteiger partial charge on any atom is -0.356 e. The Morgan fingerprint density at radius 1 is 1.27 bits per heavy atom. The molecule has 2 saturated carbocycles. The highest BCUT2D eigenvalue weighted by atomic mass is 16.1. The zero-order valence-electron chi connectivity index (χ0n) is 9.04. The molecule has 2 atom stereocenters. The van der Waals surface area contributed by atoms with Crippen LogP contribution in [0.15, 0.2) is 0 Å². The Morgan fingerprint density at radius 2 is 2.00 bits per heavy atom. The summed E-state index contributed by atoms with van der Waals surface area (Å²) in [4.78, 5) is 11.7. The summed E-state index contributed by atoms with van der Waals surface area (Å²) in [7, 11) is 0. The van der Waals surface area contributed by atoms with Gasteiger partial charge in [-0.1, -0.05) is 0 Å². The fourth-order valence-corrected chi connectivity index (χ4v) is 2.61. The van der Waals surface area contributed by atoms with E-state index < -0.39 is 0 Å². The summed E-state index contributed by atoms with van der Waals surface area (Å²) >= 11 is 0. The number of nitrogens with zero attached hydrogens (tertiary/aromatic N) is 1. The highest BCUT2D eigenvalue weighted by molar-refractivity contribution is 5.79. The van der Waals surface area contributed by atoms with Gasteiger partial charge in [0.25, 0.3) is 0 Å². The zero-order valence-corrected chi connectivity index (χ0v) is 9.04. The predicted octanol–water partition coefficient (Wildman–Crippen LogP) is 1.84. The van der Waals surface area contributed by atoms with Crippen molar-refractivity contribution in [2.24, 2.45) is 17.8 Å². The highest BCUT2D eigenvalue weighted by Crippen LogP contribution is 2.54. The third kappa shape index (κ3) is 2.71. The van der Waals surface area contributed by atoms with Crippen LogP contribution in [0.4, 0.5) is 0 Å². The summed E-state index contributed by atoms with van der Waals surface area (Å²) in [5, 5.41) is 11.3. The van der Waals surface area contributed by atoms with E-state index in [-0.39, 0.29) is 5.91 Å². The van der Waals surface area contributed by atoms with E-state index in [4.69, 9.17) is 5.26 Å². The molecule has 3 heteroatoms. The van der Waals surface area contributed by atoms with E-state index in [0.29, 0.717) is 12.3 Å². The molecule has 0 heterocycles. The van der Waals surface area contributed by atoms with Gasteiger partial charge >= 0.3 is 0 Å². The molecule has 2 aliphatic rings. The second-order valence-corrected chi connectivity index (χ2v) is 4.83. The van der Waals surface area contributed by atoms with Crippen LogP contribution in [-0.2, 0) is 4.79 Å². The molecule has 0 aliphatic heterocycles. The first-order valence-electron chi connectivity index (χ1n) is 5.96. The maximum Gasteiger partial charge on any atom is 0.223 e. The Bertz CT molecular complexity index is 272. The third-order valence-corrected chi connectivity index (χ3v) is 3.63. The summed E-state index contributed by atoms with van der Waals surface area (Å²) < 4.78 is 0. The number of carbonyl (C=O) groups is 1. The first-order chi connectivity index (χ1) is 7.31. The van der Waals surface area contributed by atoms with Crippen molar-refractivity contribution < 1.29 is 4.79 Å². The molecule has 1 amide bonds. The van der Waals surface area contributed by atoms with Crippen molar-refractivity contribution in [3.8, 4) is 6.07 Å². The molecule has 0 spiro atoms. The van der Waals surface area contributed by atoms with Crippen LogP contribution >= 0.6 is 0 Å². The van der Waals surface area contributed by atoms with E-state index in [1.807, 2.05) is 0 Å². The summed E-state index contributed by atoms with van der Waals surface area (Å²) in [5.41, 5.74) is 0. The summed E-state index contributed by atoms with van der Waals surface area (Å²) in [6.07, 6.45) is 6.03. The van der Waals surface area contributed by atoms with Gasteiger partial charge in [-0.25, -0.2) is 0 Å². The van der Waals surface area contributed by atoms with Crippen LogP contribution in [0, 0.1) is 29.1 Å². The Hall–Kier alpha value is -1.04. The van der Waals surface area contributed by atoms with Gasteiger partial charge in [0.05, 0.1) is 6.07 Å². The van der Waals surface area contributed by atoms with Gasteiger partial charge in [-0.05, 0) is 43.9 Å². The van der Waals surface area contributed by atoms with Crippen molar-refractivity contribution in [1.82, 2.24) is 5.32 Å². The second-order valence-electron chi connectivity index (χ2n) is 4.83. The number of fused-ring (bicyclic) bond motifs is 1. The van der Waals surface area contributed by atoms with Crippen molar-refractivity contribution >= 4 is 5.91 Å². The molecule has 0 saturated heterocycles.